The highest BCUT2D eigenvalue weighted by Crippen LogP contribution is 2.44. The third-order valence-electron chi connectivity index (χ3n) is 5.87. The molecule has 1 heterocycles. The summed E-state index contributed by atoms with van der Waals surface area (Å²) in [6, 6.07) is 14.9. The van der Waals surface area contributed by atoms with E-state index in [4.69, 9.17) is 4.74 Å². The first-order chi connectivity index (χ1) is 14.5. The number of hydrogen-bond donors (Lipinski definition) is 2. The molecule has 0 spiro atoms. The van der Waals surface area contributed by atoms with E-state index in [0.29, 0.717) is 13.0 Å². The Balaban J connectivity index is 1.38. The summed E-state index contributed by atoms with van der Waals surface area (Å²) in [4.78, 5) is 38.1. The summed E-state index contributed by atoms with van der Waals surface area (Å²) in [5.74, 6) is -0.340. The van der Waals surface area contributed by atoms with Crippen LogP contribution in [0.4, 0.5) is 4.79 Å². The summed E-state index contributed by atoms with van der Waals surface area (Å²) in [5.41, 5.74) is 4.56. The Bertz CT molecular complexity index is 947. The lowest BCUT2D eigenvalue weighted by atomic mass is 9.98. The molecule has 7 heteroatoms. The number of fused-ring (bicyclic) bond motifs is 3. The molecule has 2 aliphatic rings. The predicted molar refractivity (Wildman–Crippen MR) is 116 cm³/mol. The van der Waals surface area contributed by atoms with E-state index < -0.39 is 18.2 Å². The van der Waals surface area contributed by atoms with E-state index in [1.165, 1.54) is 4.90 Å². The van der Waals surface area contributed by atoms with Gasteiger partial charge in [-0.15, -0.1) is 12.6 Å². The van der Waals surface area contributed by atoms with Crippen LogP contribution in [0.25, 0.3) is 11.1 Å². The van der Waals surface area contributed by atoms with Gasteiger partial charge in [0.05, 0.1) is 0 Å². The van der Waals surface area contributed by atoms with Gasteiger partial charge < -0.3 is 15.0 Å². The number of carbonyl (C=O) groups excluding carboxylic acids is 3. The number of nitrogens with one attached hydrogen (secondary N) is 1. The molecule has 1 N–H and O–H groups in total. The van der Waals surface area contributed by atoms with Crippen molar-refractivity contribution in [1.29, 1.82) is 0 Å². The number of rotatable bonds is 5. The maximum Gasteiger partial charge on any atom is 0.407 e. The zero-order valence-electron chi connectivity index (χ0n) is 16.7. The Morgan fingerprint density at radius 3 is 2.30 bits per heavy atom. The fraction of sp³-hybridized carbons (Fsp3) is 0.348. The number of amides is 2. The monoisotopic (exact) mass is 424 g/mol. The number of thiol groups is 1. The Hall–Kier alpha value is -2.80. The number of likely N-dealkylation sites (tertiary alicyclic amines) is 1. The second kappa shape index (κ2) is 8.52. The molecule has 2 atom stereocenters. The molecule has 0 radical (unpaired) electrons. The number of benzene rings is 2. The maximum atomic E-state index is 12.7. The molecule has 2 aromatic carbocycles. The first kappa shape index (κ1) is 20.5. The van der Waals surface area contributed by atoms with Crippen molar-refractivity contribution < 1.29 is 19.1 Å². The van der Waals surface area contributed by atoms with Gasteiger partial charge in [0.25, 0.3) is 0 Å². The van der Waals surface area contributed by atoms with Crippen LogP contribution in [0, 0.1) is 0 Å². The largest absolute Gasteiger partial charge is 0.449 e. The van der Waals surface area contributed by atoms with Gasteiger partial charge in [-0.25, -0.2) is 4.79 Å². The van der Waals surface area contributed by atoms with Gasteiger partial charge in [0.15, 0.2) is 0 Å². The number of ether oxygens (including phenoxy) is 1. The zero-order valence-corrected chi connectivity index (χ0v) is 17.6. The predicted octanol–water partition coefficient (Wildman–Crippen LogP) is 3.36. The Morgan fingerprint density at radius 1 is 1.10 bits per heavy atom. The highest BCUT2D eigenvalue weighted by molar-refractivity contribution is 7.96. The van der Waals surface area contributed by atoms with Gasteiger partial charge in [0.1, 0.15) is 18.7 Å². The van der Waals surface area contributed by atoms with Crippen LogP contribution < -0.4 is 5.32 Å². The summed E-state index contributed by atoms with van der Waals surface area (Å²) in [5, 5.41) is 2.27. The average Bonchev–Trinajstić information content (AvgIpc) is 3.35. The van der Waals surface area contributed by atoms with Crippen LogP contribution >= 0.6 is 12.6 Å². The van der Waals surface area contributed by atoms with Gasteiger partial charge in [0, 0.05) is 12.5 Å². The summed E-state index contributed by atoms with van der Waals surface area (Å²) in [6.07, 6.45) is 0.706. The molecule has 30 heavy (non-hydrogen) atoms. The van der Waals surface area contributed by atoms with Crippen LogP contribution in [0.15, 0.2) is 48.5 Å². The minimum atomic E-state index is -0.783. The van der Waals surface area contributed by atoms with E-state index in [9.17, 15) is 14.4 Å². The number of nitrogens with zero attached hydrogens (tertiary/aromatic N) is 1. The number of alkyl carbamates (subject to hydrolysis) is 1. The van der Waals surface area contributed by atoms with Crippen LogP contribution in [0.1, 0.15) is 36.8 Å². The van der Waals surface area contributed by atoms with Crippen LogP contribution in [0.2, 0.25) is 0 Å². The molecule has 1 fully saturated rings. The molecule has 1 aliphatic carbocycles. The van der Waals surface area contributed by atoms with Crippen molar-refractivity contribution in [2.75, 3.05) is 13.2 Å². The van der Waals surface area contributed by atoms with Gasteiger partial charge in [-0.1, -0.05) is 48.5 Å². The van der Waals surface area contributed by atoms with Crippen LogP contribution in [0.5, 0.6) is 0 Å². The molecule has 0 unspecified atom stereocenters. The summed E-state index contributed by atoms with van der Waals surface area (Å²) >= 11 is 3.87. The van der Waals surface area contributed by atoms with Crippen LogP contribution in [0.3, 0.4) is 0 Å². The molecule has 1 saturated heterocycles. The lowest BCUT2D eigenvalue weighted by Crippen LogP contribution is -2.50. The summed E-state index contributed by atoms with van der Waals surface area (Å²) < 4.78 is 5.49. The Morgan fingerprint density at radius 2 is 1.70 bits per heavy atom. The second-order valence-corrected chi connectivity index (χ2v) is 8.16. The molecule has 0 saturated carbocycles. The standard InChI is InChI=1S/C23H24N2O4S/c1-14(21(26)25-12-6-11-20(25)22(27)30)24-23(28)29-13-19-17-9-4-2-7-15(17)16-8-3-5-10-18(16)19/h2-5,7-10,14,19-20H,6,11-13H2,1H3,(H,24,28)(H,27,30)/t14-,20-/m0/s1. The molecular formula is C23H24N2O4S. The normalized spacial score (nSPS) is 18.5. The highest BCUT2D eigenvalue weighted by atomic mass is 32.1. The van der Waals surface area contributed by atoms with E-state index in [1.807, 2.05) is 24.3 Å². The maximum absolute atomic E-state index is 12.7. The van der Waals surface area contributed by atoms with E-state index in [0.717, 1.165) is 28.7 Å². The Labute approximate surface area is 181 Å². The van der Waals surface area contributed by atoms with E-state index in [1.54, 1.807) is 6.92 Å². The number of carbonyl (C=O) groups is 3. The van der Waals surface area contributed by atoms with Gasteiger partial charge in [-0.05, 0) is 42.0 Å². The first-order valence-electron chi connectivity index (χ1n) is 10.1. The van der Waals surface area contributed by atoms with Crippen molar-refractivity contribution >= 4 is 29.7 Å². The quantitative estimate of drug-likeness (QED) is 0.722. The van der Waals surface area contributed by atoms with Crippen molar-refractivity contribution in [2.24, 2.45) is 0 Å². The molecule has 4 rings (SSSR count). The molecule has 156 valence electrons. The Kier molecular flexibility index (Phi) is 5.81. The third-order valence-corrected chi connectivity index (χ3v) is 6.17. The third kappa shape index (κ3) is 3.81. The highest BCUT2D eigenvalue weighted by Gasteiger charge is 2.35. The molecule has 2 amide bonds. The van der Waals surface area contributed by atoms with Gasteiger partial charge in [-0.3, -0.25) is 9.59 Å². The van der Waals surface area contributed by atoms with Crippen molar-refractivity contribution in [3.8, 4) is 11.1 Å². The minimum Gasteiger partial charge on any atom is -0.449 e. The lowest BCUT2D eigenvalue weighted by Gasteiger charge is -2.26. The fourth-order valence-electron chi connectivity index (χ4n) is 4.41. The molecule has 0 bridgehead atoms. The summed E-state index contributed by atoms with van der Waals surface area (Å²) in [6.45, 7) is 2.27. The molecule has 0 aromatic heterocycles. The second-order valence-electron chi connectivity index (χ2n) is 7.72. The molecular weight excluding hydrogens is 400 g/mol. The van der Waals surface area contributed by atoms with Gasteiger partial charge >= 0.3 is 6.09 Å². The van der Waals surface area contributed by atoms with E-state index in [-0.39, 0.29) is 23.5 Å². The van der Waals surface area contributed by atoms with Crippen molar-refractivity contribution in [1.82, 2.24) is 10.2 Å². The fourth-order valence-corrected chi connectivity index (χ4v) is 4.68. The topological polar surface area (TPSA) is 75.7 Å². The average molecular weight is 425 g/mol. The van der Waals surface area contributed by atoms with Crippen LogP contribution in [-0.2, 0) is 14.3 Å². The smallest absolute Gasteiger partial charge is 0.407 e. The lowest BCUT2D eigenvalue weighted by molar-refractivity contribution is -0.136. The zero-order chi connectivity index (χ0) is 21.3. The first-order valence-corrected chi connectivity index (χ1v) is 10.6. The van der Waals surface area contributed by atoms with E-state index >= 15 is 0 Å². The van der Waals surface area contributed by atoms with Gasteiger partial charge in [-0.2, -0.15) is 0 Å². The molecule has 6 nitrogen and oxygen atoms in total. The van der Waals surface area contributed by atoms with Crippen molar-refractivity contribution in [3.05, 3.63) is 59.7 Å². The minimum absolute atomic E-state index is 0.0427. The summed E-state index contributed by atoms with van der Waals surface area (Å²) in [7, 11) is 0. The van der Waals surface area contributed by atoms with E-state index in [2.05, 4.69) is 42.2 Å². The molecule has 2 aromatic rings. The molecule has 1 aliphatic heterocycles. The van der Waals surface area contributed by atoms with Crippen molar-refractivity contribution in [2.45, 2.75) is 37.8 Å². The van der Waals surface area contributed by atoms with Gasteiger partial charge in [0.2, 0.25) is 11.0 Å². The van der Waals surface area contributed by atoms with Crippen molar-refractivity contribution in [3.63, 3.8) is 0 Å². The number of hydrogen-bond acceptors (Lipinski definition) is 4. The SMILES string of the molecule is C[C@H](NC(=O)OCC1c2ccccc2-c2ccccc21)C(=O)N1CCC[C@H]1C(=O)S. The van der Waals surface area contributed by atoms with Crippen LogP contribution in [-0.4, -0.2) is 47.3 Å².